The van der Waals surface area contributed by atoms with Crippen LogP contribution in [0.5, 0.6) is 0 Å². The van der Waals surface area contributed by atoms with Gasteiger partial charge in [-0.2, -0.15) is 0 Å². The number of rotatable bonds is 6. The van der Waals surface area contributed by atoms with Crippen molar-refractivity contribution in [2.75, 3.05) is 13.2 Å². The van der Waals surface area contributed by atoms with E-state index in [0.29, 0.717) is 0 Å². The third-order valence-corrected chi connectivity index (χ3v) is 2.84. The predicted molar refractivity (Wildman–Crippen MR) is 68.7 cm³/mol. The highest BCUT2D eigenvalue weighted by Gasteiger charge is 2.13. The van der Waals surface area contributed by atoms with Gasteiger partial charge >= 0.3 is 0 Å². The zero-order valence-corrected chi connectivity index (χ0v) is 10.6. The Balaban J connectivity index is 2.37. The summed E-state index contributed by atoms with van der Waals surface area (Å²) in [5.41, 5.74) is 2.55. The van der Waals surface area contributed by atoms with E-state index < -0.39 is 0 Å². The molecule has 1 rings (SSSR count). The van der Waals surface area contributed by atoms with Crippen LogP contribution in [0.15, 0.2) is 24.3 Å². The minimum Gasteiger partial charge on any atom is -0.394 e. The molecular formula is C14H23NO. The summed E-state index contributed by atoms with van der Waals surface area (Å²) in [5, 5.41) is 12.4. The van der Waals surface area contributed by atoms with E-state index in [1.165, 1.54) is 11.1 Å². The van der Waals surface area contributed by atoms with Gasteiger partial charge in [0, 0.05) is 5.54 Å². The van der Waals surface area contributed by atoms with Crippen LogP contribution in [-0.2, 0) is 12.8 Å². The van der Waals surface area contributed by atoms with Crippen molar-refractivity contribution in [1.82, 2.24) is 5.32 Å². The summed E-state index contributed by atoms with van der Waals surface area (Å²) in [6.07, 6.45) is 2.10. The fourth-order valence-electron chi connectivity index (χ4n) is 1.54. The van der Waals surface area contributed by atoms with Gasteiger partial charge in [0.25, 0.3) is 0 Å². The van der Waals surface area contributed by atoms with Crippen molar-refractivity contribution in [3.63, 3.8) is 0 Å². The first-order valence-corrected chi connectivity index (χ1v) is 6.01. The molecule has 0 aromatic heterocycles. The smallest absolute Gasteiger partial charge is 0.0607 e. The second-order valence-corrected chi connectivity index (χ2v) is 4.89. The fourth-order valence-corrected chi connectivity index (χ4v) is 1.54. The van der Waals surface area contributed by atoms with Gasteiger partial charge in [-0.25, -0.2) is 0 Å². The zero-order chi connectivity index (χ0) is 12.0. The molecule has 0 radical (unpaired) electrons. The van der Waals surface area contributed by atoms with Crippen LogP contribution in [0.2, 0.25) is 0 Å². The highest BCUT2D eigenvalue weighted by Crippen LogP contribution is 2.06. The van der Waals surface area contributed by atoms with Crippen molar-refractivity contribution >= 4 is 0 Å². The summed E-state index contributed by atoms with van der Waals surface area (Å²) in [5.74, 6) is 0. The molecule has 90 valence electrons. The van der Waals surface area contributed by atoms with Gasteiger partial charge in [0.2, 0.25) is 0 Å². The lowest BCUT2D eigenvalue weighted by Crippen LogP contribution is -2.43. The molecule has 0 amide bonds. The number of aliphatic hydroxyl groups is 1. The molecule has 1 aromatic carbocycles. The Hall–Kier alpha value is -0.860. The maximum Gasteiger partial charge on any atom is 0.0607 e. The van der Waals surface area contributed by atoms with Gasteiger partial charge in [0.05, 0.1) is 6.61 Å². The first kappa shape index (κ1) is 13.2. The van der Waals surface area contributed by atoms with Crippen molar-refractivity contribution in [2.45, 2.75) is 39.2 Å². The van der Waals surface area contributed by atoms with E-state index in [1.807, 2.05) is 13.8 Å². The minimum absolute atomic E-state index is 0.168. The van der Waals surface area contributed by atoms with Crippen LogP contribution in [0.3, 0.4) is 0 Å². The number of hydrogen-bond donors (Lipinski definition) is 2. The summed E-state index contributed by atoms with van der Waals surface area (Å²) in [6, 6.07) is 8.75. The van der Waals surface area contributed by atoms with Crippen LogP contribution in [0.4, 0.5) is 0 Å². The molecule has 2 nitrogen and oxygen atoms in total. The van der Waals surface area contributed by atoms with Crippen LogP contribution in [-0.4, -0.2) is 23.8 Å². The Labute approximate surface area is 98.7 Å². The molecule has 16 heavy (non-hydrogen) atoms. The van der Waals surface area contributed by atoms with Crippen LogP contribution in [0.1, 0.15) is 31.9 Å². The van der Waals surface area contributed by atoms with Gasteiger partial charge < -0.3 is 10.4 Å². The third kappa shape index (κ3) is 4.33. The quantitative estimate of drug-likeness (QED) is 0.771. The largest absolute Gasteiger partial charge is 0.394 e. The SMILES string of the molecule is CCc1ccc(CCNC(C)(C)CO)cc1. The molecule has 0 atom stereocenters. The molecule has 2 N–H and O–H groups in total. The fraction of sp³-hybridized carbons (Fsp3) is 0.571. The average molecular weight is 221 g/mol. The third-order valence-electron chi connectivity index (χ3n) is 2.84. The van der Waals surface area contributed by atoms with Crippen LogP contribution in [0, 0.1) is 0 Å². The summed E-state index contributed by atoms with van der Waals surface area (Å²) >= 11 is 0. The second-order valence-electron chi connectivity index (χ2n) is 4.89. The van der Waals surface area contributed by atoms with Gasteiger partial charge in [0.1, 0.15) is 0 Å². The summed E-state index contributed by atoms with van der Waals surface area (Å²) in [4.78, 5) is 0. The maximum atomic E-state index is 9.10. The van der Waals surface area contributed by atoms with E-state index in [4.69, 9.17) is 5.11 Å². The molecule has 0 aliphatic carbocycles. The lowest BCUT2D eigenvalue weighted by molar-refractivity contribution is 0.189. The molecule has 0 unspecified atom stereocenters. The van der Waals surface area contributed by atoms with Crippen molar-refractivity contribution in [3.05, 3.63) is 35.4 Å². The highest BCUT2D eigenvalue weighted by molar-refractivity contribution is 5.22. The normalized spacial score (nSPS) is 11.8. The summed E-state index contributed by atoms with van der Waals surface area (Å²) in [7, 11) is 0. The molecule has 0 bridgehead atoms. The van der Waals surface area contributed by atoms with Gasteiger partial charge in [-0.05, 0) is 44.4 Å². The molecule has 0 saturated carbocycles. The number of aliphatic hydroxyl groups excluding tert-OH is 1. The Morgan fingerprint density at radius 1 is 1.12 bits per heavy atom. The van der Waals surface area contributed by atoms with Gasteiger partial charge in [-0.3, -0.25) is 0 Å². The topological polar surface area (TPSA) is 32.3 Å². The van der Waals surface area contributed by atoms with E-state index in [-0.39, 0.29) is 12.1 Å². The van der Waals surface area contributed by atoms with E-state index in [9.17, 15) is 0 Å². The summed E-state index contributed by atoms with van der Waals surface area (Å²) in [6.45, 7) is 7.25. The lowest BCUT2D eigenvalue weighted by atomic mass is 10.1. The minimum atomic E-state index is -0.177. The Kier molecular flexibility index (Phi) is 4.97. The Morgan fingerprint density at radius 2 is 1.69 bits per heavy atom. The first-order valence-electron chi connectivity index (χ1n) is 6.01. The molecule has 0 aliphatic rings. The van der Waals surface area contributed by atoms with Crippen molar-refractivity contribution < 1.29 is 5.11 Å². The number of hydrogen-bond acceptors (Lipinski definition) is 2. The van der Waals surface area contributed by atoms with Crippen LogP contribution < -0.4 is 5.32 Å². The molecule has 0 saturated heterocycles. The van der Waals surface area contributed by atoms with Crippen molar-refractivity contribution in [1.29, 1.82) is 0 Å². The zero-order valence-electron chi connectivity index (χ0n) is 10.6. The molecule has 1 aromatic rings. The molecule has 0 aliphatic heterocycles. The van der Waals surface area contributed by atoms with E-state index >= 15 is 0 Å². The Morgan fingerprint density at radius 3 is 2.19 bits per heavy atom. The highest BCUT2D eigenvalue weighted by atomic mass is 16.3. The van der Waals surface area contributed by atoms with Gasteiger partial charge in [-0.1, -0.05) is 31.2 Å². The van der Waals surface area contributed by atoms with Crippen LogP contribution in [0.25, 0.3) is 0 Å². The second kappa shape index (κ2) is 6.02. The molecule has 0 heterocycles. The monoisotopic (exact) mass is 221 g/mol. The van der Waals surface area contributed by atoms with E-state index in [1.54, 1.807) is 0 Å². The molecule has 2 heteroatoms. The van der Waals surface area contributed by atoms with Crippen molar-refractivity contribution in [3.8, 4) is 0 Å². The average Bonchev–Trinajstić information content (AvgIpc) is 2.30. The molecular weight excluding hydrogens is 198 g/mol. The predicted octanol–water partition coefficient (Wildman–Crippen LogP) is 2.15. The summed E-state index contributed by atoms with van der Waals surface area (Å²) < 4.78 is 0. The van der Waals surface area contributed by atoms with Crippen LogP contribution >= 0.6 is 0 Å². The lowest BCUT2D eigenvalue weighted by Gasteiger charge is -2.23. The molecule has 0 spiro atoms. The number of benzene rings is 1. The van der Waals surface area contributed by atoms with Crippen molar-refractivity contribution in [2.24, 2.45) is 0 Å². The number of nitrogens with one attached hydrogen (secondary N) is 1. The first-order chi connectivity index (χ1) is 7.57. The van der Waals surface area contributed by atoms with E-state index in [0.717, 1.165) is 19.4 Å². The molecule has 0 fully saturated rings. The van der Waals surface area contributed by atoms with E-state index in [2.05, 4.69) is 36.5 Å². The van der Waals surface area contributed by atoms with Gasteiger partial charge in [0.15, 0.2) is 0 Å². The Bertz CT molecular complexity index is 303. The number of aryl methyl sites for hydroxylation is 1. The standard InChI is InChI=1S/C14H23NO/c1-4-12-5-7-13(8-6-12)9-10-15-14(2,3)11-16/h5-8,15-16H,4,9-11H2,1-3H3. The van der Waals surface area contributed by atoms with Gasteiger partial charge in [-0.15, -0.1) is 0 Å². The maximum absolute atomic E-state index is 9.10.